The lowest BCUT2D eigenvalue weighted by Crippen LogP contribution is -2.45. The van der Waals surface area contributed by atoms with Crippen molar-refractivity contribution in [2.75, 3.05) is 11.5 Å². The Morgan fingerprint density at radius 3 is 2.33 bits per heavy atom. The lowest BCUT2D eigenvalue weighted by molar-refractivity contribution is -0.138. The molecule has 1 atom stereocenters. The Morgan fingerprint density at radius 2 is 1.89 bits per heavy atom. The van der Waals surface area contributed by atoms with Crippen LogP contribution in [0, 0.1) is 0 Å². The van der Waals surface area contributed by atoms with E-state index in [9.17, 15) is 14.7 Å². The van der Waals surface area contributed by atoms with E-state index in [1.165, 1.54) is 4.90 Å². The van der Waals surface area contributed by atoms with E-state index in [2.05, 4.69) is 0 Å². The minimum Gasteiger partial charge on any atom is -0.480 e. The van der Waals surface area contributed by atoms with Gasteiger partial charge in [-0.1, -0.05) is 25.1 Å². The molecule has 0 fully saturated rings. The fraction of sp³-hybridized carbons (Fsp3) is 0.385. The van der Waals surface area contributed by atoms with Crippen LogP contribution in [0.1, 0.15) is 20.3 Å². The van der Waals surface area contributed by atoms with Crippen LogP contribution >= 0.6 is 0 Å². The van der Waals surface area contributed by atoms with Crippen molar-refractivity contribution in [3.05, 3.63) is 30.3 Å². The van der Waals surface area contributed by atoms with Crippen LogP contribution in [0.15, 0.2) is 30.3 Å². The van der Waals surface area contributed by atoms with Gasteiger partial charge in [0, 0.05) is 5.69 Å². The lowest BCUT2D eigenvalue weighted by atomic mass is 10.1. The number of carbonyl (C=O) groups excluding carboxylic acids is 1. The van der Waals surface area contributed by atoms with Crippen LogP contribution < -0.4 is 4.90 Å². The molecule has 1 unspecified atom stereocenters. The smallest absolute Gasteiger partial charge is 0.415 e. The summed E-state index contributed by atoms with van der Waals surface area (Å²) in [6.45, 7) is 3.61. The molecule has 0 bridgehead atoms. The summed E-state index contributed by atoms with van der Waals surface area (Å²) in [5.41, 5.74) is 0.519. The van der Waals surface area contributed by atoms with Gasteiger partial charge in [0.15, 0.2) is 0 Å². The van der Waals surface area contributed by atoms with Crippen molar-refractivity contribution in [3.63, 3.8) is 0 Å². The molecule has 0 aliphatic carbocycles. The van der Waals surface area contributed by atoms with Gasteiger partial charge in [0.1, 0.15) is 6.04 Å². The average molecular weight is 251 g/mol. The molecular formula is C13H17NO4. The van der Waals surface area contributed by atoms with Crippen LogP contribution in [0.2, 0.25) is 0 Å². The van der Waals surface area contributed by atoms with E-state index in [4.69, 9.17) is 4.74 Å². The summed E-state index contributed by atoms with van der Waals surface area (Å²) < 4.78 is 4.92. The number of nitrogens with zero attached hydrogens (tertiary/aromatic N) is 1. The maximum Gasteiger partial charge on any atom is 0.415 e. The fourth-order valence-corrected chi connectivity index (χ4v) is 1.66. The first-order valence-electron chi connectivity index (χ1n) is 5.85. The second-order valence-corrected chi connectivity index (χ2v) is 3.67. The maximum absolute atomic E-state index is 11.9. The normalized spacial score (nSPS) is 11.7. The highest BCUT2D eigenvalue weighted by atomic mass is 16.6. The van der Waals surface area contributed by atoms with Crippen molar-refractivity contribution in [2.45, 2.75) is 26.3 Å². The molecule has 0 saturated heterocycles. The SMILES string of the molecule is CCOC(=O)N(c1ccccc1)C(CC)C(=O)O. The molecule has 1 N–H and O–H groups in total. The molecule has 0 aliphatic rings. The number of carboxylic acids is 1. The summed E-state index contributed by atoms with van der Waals surface area (Å²) >= 11 is 0. The summed E-state index contributed by atoms with van der Waals surface area (Å²) in [5, 5.41) is 9.17. The van der Waals surface area contributed by atoms with Crippen molar-refractivity contribution < 1.29 is 19.4 Å². The second-order valence-electron chi connectivity index (χ2n) is 3.67. The van der Waals surface area contributed by atoms with E-state index >= 15 is 0 Å². The van der Waals surface area contributed by atoms with Crippen LogP contribution in [-0.4, -0.2) is 29.8 Å². The quantitative estimate of drug-likeness (QED) is 0.873. The predicted molar refractivity (Wildman–Crippen MR) is 67.7 cm³/mol. The first-order chi connectivity index (χ1) is 8.61. The number of amides is 1. The number of ether oxygens (including phenoxy) is 1. The Hall–Kier alpha value is -2.04. The minimum atomic E-state index is -1.05. The summed E-state index contributed by atoms with van der Waals surface area (Å²) in [4.78, 5) is 24.3. The van der Waals surface area contributed by atoms with Crippen LogP contribution in [-0.2, 0) is 9.53 Å². The molecule has 0 heterocycles. The van der Waals surface area contributed by atoms with Crippen LogP contribution in [0.5, 0.6) is 0 Å². The lowest BCUT2D eigenvalue weighted by Gasteiger charge is -2.27. The number of rotatable bonds is 5. The highest BCUT2D eigenvalue weighted by Gasteiger charge is 2.30. The van der Waals surface area contributed by atoms with Gasteiger partial charge in [0.25, 0.3) is 0 Å². The summed E-state index contributed by atoms with van der Waals surface area (Å²) in [5.74, 6) is -1.05. The van der Waals surface area contributed by atoms with Crippen molar-refractivity contribution in [3.8, 4) is 0 Å². The first-order valence-corrected chi connectivity index (χ1v) is 5.85. The standard InChI is InChI=1S/C13H17NO4/c1-3-11(12(15)16)14(13(17)18-4-2)10-8-6-5-7-9-10/h5-9,11H,3-4H2,1-2H3,(H,15,16). The van der Waals surface area contributed by atoms with Crippen molar-refractivity contribution in [2.24, 2.45) is 0 Å². The number of aliphatic carboxylic acids is 1. The van der Waals surface area contributed by atoms with Gasteiger partial charge in [-0.25, -0.2) is 9.59 Å². The second kappa shape index (κ2) is 6.64. The Morgan fingerprint density at radius 1 is 1.28 bits per heavy atom. The summed E-state index contributed by atoms with van der Waals surface area (Å²) in [6.07, 6.45) is -0.332. The molecule has 5 heteroatoms. The van der Waals surface area contributed by atoms with Gasteiger partial charge < -0.3 is 9.84 Å². The number of carbonyl (C=O) groups is 2. The Labute approximate surface area is 106 Å². The number of benzene rings is 1. The van der Waals surface area contributed by atoms with Gasteiger partial charge in [-0.15, -0.1) is 0 Å². The van der Waals surface area contributed by atoms with Gasteiger partial charge in [-0.05, 0) is 25.5 Å². The summed E-state index contributed by atoms with van der Waals surface area (Å²) in [6, 6.07) is 7.73. The number of carboxylic acid groups (broad SMARTS) is 1. The van der Waals surface area contributed by atoms with Crippen LogP contribution in [0.25, 0.3) is 0 Å². The monoisotopic (exact) mass is 251 g/mol. The zero-order chi connectivity index (χ0) is 13.5. The van der Waals surface area contributed by atoms with Crippen molar-refractivity contribution in [1.82, 2.24) is 0 Å². The van der Waals surface area contributed by atoms with Crippen molar-refractivity contribution in [1.29, 1.82) is 0 Å². The molecule has 0 aliphatic heterocycles. The summed E-state index contributed by atoms with van der Waals surface area (Å²) in [7, 11) is 0. The fourth-order valence-electron chi connectivity index (χ4n) is 1.66. The third-order valence-corrected chi connectivity index (χ3v) is 2.48. The number of hydrogen-bond donors (Lipinski definition) is 1. The molecule has 0 spiro atoms. The molecule has 1 rings (SSSR count). The highest BCUT2D eigenvalue weighted by molar-refractivity contribution is 5.95. The van der Waals surface area contributed by atoms with Gasteiger partial charge in [0.2, 0.25) is 0 Å². The van der Waals surface area contributed by atoms with E-state index in [1.54, 1.807) is 44.2 Å². The Balaban J connectivity index is 3.09. The van der Waals surface area contributed by atoms with E-state index in [0.29, 0.717) is 12.1 Å². The molecule has 98 valence electrons. The first kappa shape index (κ1) is 14.0. The minimum absolute atomic E-state index is 0.207. The molecule has 0 saturated carbocycles. The average Bonchev–Trinajstić information content (AvgIpc) is 2.36. The highest BCUT2D eigenvalue weighted by Crippen LogP contribution is 2.19. The Bertz CT molecular complexity index is 405. The topological polar surface area (TPSA) is 66.8 Å². The zero-order valence-corrected chi connectivity index (χ0v) is 10.5. The number of para-hydroxylation sites is 1. The molecule has 1 aromatic rings. The van der Waals surface area contributed by atoms with Gasteiger partial charge in [-0.3, -0.25) is 4.90 Å². The van der Waals surface area contributed by atoms with Gasteiger partial charge in [-0.2, -0.15) is 0 Å². The Kier molecular flexibility index (Phi) is 5.17. The van der Waals surface area contributed by atoms with Crippen molar-refractivity contribution >= 4 is 17.7 Å². The molecular weight excluding hydrogens is 234 g/mol. The number of hydrogen-bond acceptors (Lipinski definition) is 3. The molecule has 0 aromatic heterocycles. The molecule has 5 nitrogen and oxygen atoms in total. The third-order valence-electron chi connectivity index (χ3n) is 2.48. The van der Waals surface area contributed by atoms with Crippen LogP contribution in [0.4, 0.5) is 10.5 Å². The zero-order valence-electron chi connectivity index (χ0n) is 10.5. The molecule has 0 radical (unpaired) electrons. The van der Waals surface area contributed by atoms with E-state index in [1.807, 2.05) is 0 Å². The van der Waals surface area contributed by atoms with E-state index in [0.717, 1.165) is 0 Å². The maximum atomic E-state index is 11.9. The number of anilines is 1. The van der Waals surface area contributed by atoms with Gasteiger partial charge >= 0.3 is 12.1 Å². The largest absolute Gasteiger partial charge is 0.480 e. The molecule has 18 heavy (non-hydrogen) atoms. The predicted octanol–water partition coefficient (Wildman–Crippen LogP) is 2.51. The van der Waals surface area contributed by atoms with E-state index in [-0.39, 0.29) is 6.61 Å². The third kappa shape index (κ3) is 3.23. The van der Waals surface area contributed by atoms with E-state index < -0.39 is 18.1 Å². The van der Waals surface area contributed by atoms with Gasteiger partial charge in [0.05, 0.1) is 6.61 Å². The van der Waals surface area contributed by atoms with Crippen LogP contribution in [0.3, 0.4) is 0 Å². The molecule has 1 aromatic carbocycles. The molecule has 1 amide bonds.